The number of hydrogen-bond acceptors (Lipinski definition) is 4. The van der Waals surface area contributed by atoms with Crippen molar-refractivity contribution in [2.24, 2.45) is 0 Å². The van der Waals surface area contributed by atoms with Crippen molar-refractivity contribution in [3.63, 3.8) is 0 Å². The second-order valence-corrected chi connectivity index (χ2v) is 7.21. The molecular formula is C21H22N2O2S. The van der Waals surface area contributed by atoms with Gasteiger partial charge in [-0.25, -0.2) is 4.98 Å². The Morgan fingerprint density at radius 2 is 1.77 bits per heavy atom. The summed E-state index contributed by atoms with van der Waals surface area (Å²) in [7, 11) is 0. The van der Waals surface area contributed by atoms with E-state index in [9.17, 15) is 4.79 Å². The van der Waals surface area contributed by atoms with Gasteiger partial charge in [0.25, 0.3) is 5.91 Å². The number of carbonyl (C=O) groups excluding carboxylic acids is 1. The summed E-state index contributed by atoms with van der Waals surface area (Å²) >= 11 is 1.42. The third-order valence-electron chi connectivity index (χ3n) is 4.28. The van der Waals surface area contributed by atoms with Crippen LogP contribution in [-0.2, 0) is 4.79 Å². The topological polar surface area (TPSA) is 51.2 Å². The summed E-state index contributed by atoms with van der Waals surface area (Å²) in [6.45, 7) is 8.00. The molecule has 3 aromatic rings. The molecule has 0 aliphatic heterocycles. The number of aromatic nitrogens is 1. The van der Waals surface area contributed by atoms with Crippen LogP contribution >= 0.6 is 11.3 Å². The standard InChI is InChI=1S/C21H22N2O2S/c1-13-10-15(3)18(11-14(13)2)19-12-26-21(22-19)23-20(24)16(4)25-17-8-6-5-7-9-17/h5-12,16H,1-4H3,(H,22,23,24)/t16-/m0/s1. The summed E-state index contributed by atoms with van der Waals surface area (Å²) < 4.78 is 5.65. The number of aryl methyl sites for hydroxylation is 3. The summed E-state index contributed by atoms with van der Waals surface area (Å²) in [6, 6.07) is 13.6. The minimum Gasteiger partial charge on any atom is -0.481 e. The van der Waals surface area contributed by atoms with Crippen LogP contribution < -0.4 is 10.1 Å². The molecule has 1 aromatic heterocycles. The smallest absolute Gasteiger partial charge is 0.266 e. The summed E-state index contributed by atoms with van der Waals surface area (Å²) in [5, 5.41) is 5.38. The van der Waals surface area contributed by atoms with Gasteiger partial charge in [-0.1, -0.05) is 24.3 Å². The molecule has 0 radical (unpaired) electrons. The molecule has 1 atom stereocenters. The van der Waals surface area contributed by atoms with Crippen LogP contribution in [0.5, 0.6) is 5.75 Å². The fourth-order valence-corrected chi connectivity index (χ4v) is 3.37. The van der Waals surface area contributed by atoms with Gasteiger partial charge in [-0.2, -0.15) is 0 Å². The Morgan fingerprint density at radius 3 is 2.50 bits per heavy atom. The Labute approximate surface area is 157 Å². The van der Waals surface area contributed by atoms with Crippen molar-refractivity contribution in [2.45, 2.75) is 33.8 Å². The van der Waals surface area contributed by atoms with Crippen LogP contribution in [0.2, 0.25) is 0 Å². The van der Waals surface area contributed by atoms with Crippen LogP contribution in [0.1, 0.15) is 23.6 Å². The van der Waals surface area contributed by atoms with Gasteiger partial charge in [0.05, 0.1) is 5.69 Å². The Hall–Kier alpha value is -2.66. The maximum atomic E-state index is 12.4. The lowest BCUT2D eigenvalue weighted by Crippen LogP contribution is -2.30. The molecule has 0 fully saturated rings. The van der Waals surface area contributed by atoms with E-state index in [4.69, 9.17) is 4.74 Å². The predicted octanol–water partition coefficient (Wildman–Crippen LogP) is 5.14. The van der Waals surface area contributed by atoms with Crippen LogP contribution in [-0.4, -0.2) is 17.0 Å². The molecule has 0 spiro atoms. The molecule has 1 amide bonds. The minimum atomic E-state index is -0.604. The second-order valence-electron chi connectivity index (χ2n) is 6.35. The van der Waals surface area contributed by atoms with Crippen molar-refractivity contribution in [2.75, 3.05) is 5.32 Å². The molecule has 3 rings (SSSR count). The number of benzene rings is 2. The average Bonchev–Trinajstić information content (AvgIpc) is 3.07. The van der Waals surface area contributed by atoms with E-state index in [1.54, 1.807) is 6.92 Å². The normalized spacial score (nSPS) is 11.8. The number of ether oxygens (including phenoxy) is 1. The molecule has 0 saturated carbocycles. The van der Waals surface area contributed by atoms with Crippen molar-refractivity contribution in [1.29, 1.82) is 0 Å². The molecule has 0 saturated heterocycles. The fraction of sp³-hybridized carbons (Fsp3) is 0.238. The lowest BCUT2D eigenvalue weighted by molar-refractivity contribution is -0.122. The van der Waals surface area contributed by atoms with Gasteiger partial charge in [0, 0.05) is 10.9 Å². The number of hydrogen-bond donors (Lipinski definition) is 1. The molecule has 5 heteroatoms. The molecule has 0 unspecified atom stereocenters. The summed E-state index contributed by atoms with van der Waals surface area (Å²) in [6.07, 6.45) is -0.604. The number of nitrogens with one attached hydrogen (secondary N) is 1. The van der Waals surface area contributed by atoms with Gasteiger partial charge in [-0.15, -0.1) is 11.3 Å². The van der Waals surface area contributed by atoms with E-state index >= 15 is 0 Å². The van der Waals surface area contributed by atoms with Gasteiger partial charge in [0.2, 0.25) is 0 Å². The van der Waals surface area contributed by atoms with Crippen molar-refractivity contribution in [3.8, 4) is 17.0 Å². The van der Waals surface area contributed by atoms with Crippen LogP contribution in [0.4, 0.5) is 5.13 Å². The number of carbonyl (C=O) groups is 1. The Kier molecular flexibility index (Phi) is 5.38. The molecule has 1 N–H and O–H groups in total. The lowest BCUT2D eigenvalue weighted by Gasteiger charge is -2.13. The molecule has 0 aliphatic carbocycles. The Morgan fingerprint density at radius 1 is 1.08 bits per heavy atom. The van der Waals surface area contributed by atoms with E-state index in [1.165, 1.54) is 28.0 Å². The molecular weight excluding hydrogens is 344 g/mol. The van der Waals surface area contributed by atoms with Gasteiger partial charge >= 0.3 is 0 Å². The Balaban J connectivity index is 1.70. The van der Waals surface area contributed by atoms with Crippen LogP contribution in [0.25, 0.3) is 11.3 Å². The number of anilines is 1. The van der Waals surface area contributed by atoms with Gasteiger partial charge in [0.1, 0.15) is 5.75 Å². The fourth-order valence-electron chi connectivity index (χ4n) is 2.66. The quantitative estimate of drug-likeness (QED) is 0.680. The van der Waals surface area contributed by atoms with E-state index in [2.05, 4.69) is 43.2 Å². The maximum absolute atomic E-state index is 12.4. The van der Waals surface area contributed by atoms with E-state index in [-0.39, 0.29) is 5.91 Å². The number of amides is 1. The third kappa shape index (κ3) is 4.11. The van der Waals surface area contributed by atoms with E-state index in [0.717, 1.165) is 11.3 Å². The highest BCUT2D eigenvalue weighted by molar-refractivity contribution is 7.14. The average molecular weight is 366 g/mol. The largest absolute Gasteiger partial charge is 0.481 e. The zero-order valence-corrected chi connectivity index (χ0v) is 16.2. The zero-order chi connectivity index (χ0) is 18.7. The van der Waals surface area contributed by atoms with E-state index < -0.39 is 6.10 Å². The van der Waals surface area contributed by atoms with Crippen molar-refractivity contribution >= 4 is 22.4 Å². The van der Waals surface area contributed by atoms with Gasteiger partial charge < -0.3 is 4.74 Å². The number of nitrogens with zero attached hydrogens (tertiary/aromatic N) is 1. The molecule has 0 aliphatic rings. The summed E-state index contributed by atoms with van der Waals surface area (Å²) in [5.41, 5.74) is 5.65. The van der Waals surface area contributed by atoms with Crippen molar-refractivity contribution in [3.05, 3.63) is 64.5 Å². The first-order chi connectivity index (χ1) is 12.4. The molecule has 134 valence electrons. The molecule has 0 bridgehead atoms. The maximum Gasteiger partial charge on any atom is 0.266 e. The first-order valence-electron chi connectivity index (χ1n) is 8.50. The summed E-state index contributed by atoms with van der Waals surface area (Å²) in [4.78, 5) is 16.9. The highest BCUT2D eigenvalue weighted by atomic mass is 32.1. The minimum absolute atomic E-state index is 0.216. The van der Waals surface area contributed by atoms with Gasteiger partial charge in [-0.05, 0) is 62.6 Å². The van der Waals surface area contributed by atoms with Crippen molar-refractivity contribution in [1.82, 2.24) is 4.98 Å². The predicted molar refractivity (Wildman–Crippen MR) is 107 cm³/mol. The van der Waals surface area contributed by atoms with Crippen LogP contribution in [0.15, 0.2) is 47.8 Å². The summed E-state index contributed by atoms with van der Waals surface area (Å²) in [5.74, 6) is 0.451. The zero-order valence-electron chi connectivity index (χ0n) is 15.4. The SMILES string of the molecule is Cc1cc(C)c(-c2csc(NC(=O)[C@H](C)Oc3ccccc3)n2)cc1C. The van der Waals surface area contributed by atoms with E-state index in [0.29, 0.717) is 10.9 Å². The van der Waals surface area contributed by atoms with Gasteiger partial charge in [0.15, 0.2) is 11.2 Å². The number of thiazole rings is 1. The highest BCUT2D eigenvalue weighted by Crippen LogP contribution is 2.29. The third-order valence-corrected chi connectivity index (χ3v) is 5.03. The second kappa shape index (κ2) is 7.70. The Bertz CT molecular complexity index is 919. The highest BCUT2D eigenvalue weighted by Gasteiger charge is 2.17. The first-order valence-corrected chi connectivity index (χ1v) is 9.38. The van der Waals surface area contributed by atoms with Crippen molar-refractivity contribution < 1.29 is 9.53 Å². The molecule has 4 nitrogen and oxygen atoms in total. The van der Waals surface area contributed by atoms with Crippen LogP contribution in [0, 0.1) is 20.8 Å². The van der Waals surface area contributed by atoms with Gasteiger partial charge in [-0.3, -0.25) is 10.1 Å². The molecule has 26 heavy (non-hydrogen) atoms. The first kappa shape index (κ1) is 18.1. The monoisotopic (exact) mass is 366 g/mol. The molecule has 2 aromatic carbocycles. The van der Waals surface area contributed by atoms with E-state index in [1.807, 2.05) is 35.7 Å². The number of para-hydroxylation sites is 1. The molecule has 1 heterocycles. The van der Waals surface area contributed by atoms with Crippen LogP contribution in [0.3, 0.4) is 0 Å². The number of rotatable bonds is 5. The lowest BCUT2D eigenvalue weighted by atomic mass is 9.99.